The van der Waals surface area contributed by atoms with Crippen molar-refractivity contribution >= 4 is 22.0 Å². The van der Waals surface area contributed by atoms with Crippen LogP contribution in [0.4, 0.5) is 18.0 Å². The molecule has 0 saturated carbocycles. The summed E-state index contributed by atoms with van der Waals surface area (Å²) >= 11 is 3.23. The summed E-state index contributed by atoms with van der Waals surface area (Å²) in [7, 11) is 0. The van der Waals surface area contributed by atoms with Gasteiger partial charge in [-0.05, 0) is 51.0 Å². The second-order valence-corrected chi connectivity index (χ2v) is 6.70. The van der Waals surface area contributed by atoms with Crippen LogP contribution in [0.25, 0.3) is 0 Å². The van der Waals surface area contributed by atoms with Crippen molar-refractivity contribution in [1.82, 2.24) is 5.32 Å². The maximum Gasteiger partial charge on any atom is 0.416 e. The Bertz CT molecular complexity index is 539. The molecular formula is C15H19BrF3NO2. The Kier molecular flexibility index (Phi) is 5.89. The van der Waals surface area contributed by atoms with Crippen LogP contribution in [-0.2, 0) is 10.9 Å². The van der Waals surface area contributed by atoms with Gasteiger partial charge in [-0.3, -0.25) is 0 Å². The smallest absolute Gasteiger partial charge is 0.416 e. The number of carbonyl (C=O) groups excluding carboxylic acids is 1. The first kappa shape index (κ1) is 18.8. The summed E-state index contributed by atoms with van der Waals surface area (Å²) in [4.78, 5) is 11.8. The highest BCUT2D eigenvalue weighted by Gasteiger charge is 2.32. The summed E-state index contributed by atoms with van der Waals surface area (Å²) in [5.74, 6) is 0. The lowest BCUT2D eigenvalue weighted by Gasteiger charge is -2.24. The van der Waals surface area contributed by atoms with E-state index in [0.717, 1.165) is 12.1 Å². The van der Waals surface area contributed by atoms with Crippen LogP contribution < -0.4 is 5.32 Å². The number of hydrogen-bond acceptors (Lipinski definition) is 2. The van der Waals surface area contributed by atoms with Crippen molar-refractivity contribution in [2.24, 2.45) is 0 Å². The second kappa shape index (κ2) is 6.89. The molecule has 124 valence electrons. The van der Waals surface area contributed by atoms with Crippen molar-refractivity contribution in [2.45, 2.75) is 51.9 Å². The number of carbonyl (C=O) groups is 1. The number of ether oxygens (including phenoxy) is 1. The minimum absolute atomic E-state index is 0.364. The predicted octanol–water partition coefficient (Wildman–Crippen LogP) is 5.44. The molecule has 7 heteroatoms. The van der Waals surface area contributed by atoms with Crippen LogP contribution in [0.15, 0.2) is 22.7 Å². The Morgan fingerprint density at radius 3 is 2.36 bits per heavy atom. The molecule has 1 atom stereocenters. The third-order valence-corrected chi connectivity index (χ3v) is 3.52. The molecule has 0 aliphatic heterocycles. The highest BCUT2D eigenvalue weighted by Crippen LogP contribution is 2.34. The van der Waals surface area contributed by atoms with E-state index in [1.54, 1.807) is 27.7 Å². The summed E-state index contributed by atoms with van der Waals surface area (Å²) in [6.07, 6.45) is -4.66. The highest BCUT2D eigenvalue weighted by atomic mass is 79.9. The van der Waals surface area contributed by atoms with Gasteiger partial charge in [0.2, 0.25) is 0 Å². The average Bonchev–Trinajstić information content (AvgIpc) is 2.33. The number of hydrogen-bond donors (Lipinski definition) is 1. The molecule has 0 bridgehead atoms. The molecule has 0 saturated heterocycles. The van der Waals surface area contributed by atoms with E-state index in [1.165, 1.54) is 6.07 Å². The lowest BCUT2D eigenvalue weighted by atomic mass is 10.0. The molecule has 0 radical (unpaired) electrons. The molecule has 0 spiro atoms. The van der Waals surface area contributed by atoms with Gasteiger partial charge < -0.3 is 10.1 Å². The quantitative estimate of drug-likeness (QED) is 0.756. The Morgan fingerprint density at radius 1 is 1.32 bits per heavy atom. The monoisotopic (exact) mass is 381 g/mol. The fourth-order valence-corrected chi connectivity index (χ4v) is 2.36. The fourth-order valence-electron chi connectivity index (χ4n) is 1.84. The molecule has 0 aliphatic rings. The van der Waals surface area contributed by atoms with Crippen LogP contribution in [0.2, 0.25) is 0 Å². The lowest BCUT2D eigenvalue weighted by Crippen LogP contribution is -2.35. The Labute approximate surface area is 136 Å². The number of nitrogens with one attached hydrogen (secondary N) is 1. The minimum Gasteiger partial charge on any atom is -0.444 e. The zero-order valence-corrected chi connectivity index (χ0v) is 14.4. The van der Waals surface area contributed by atoms with Crippen LogP contribution in [-0.4, -0.2) is 11.7 Å². The summed E-state index contributed by atoms with van der Waals surface area (Å²) < 4.78 is 44.1. The topological polar surface area (TPSA) is 38.3 Å². The van der Waals surface area contributed by atoms with Gasteiger partial charge in [0.05, 0.1) is 11.6 Å². The first-order valence-electron chi connectivity index (χ1n) is 6.80. The summed E-state index contributed by atoms with van der Waals surface area (Å²) in [6.45, 7) is 6.92. The van der Waals surface area contributed by atoms with Gasteiger partial charge in [-0.25, -0.2) is 4.79 Å². The van der Waals surface area contributed by atoms with E-state index in [-0.39, 0.29) is 0 Å². The van der Waals surface area contributed by atoms with Crippen LogP contribution in [0, 0.1) is 0 Å². The SMILES string of the molecule is CC[C@H](NC(=O)OC(C)(C)C)c1cc(C(F)(F)F)ccc1Br. The summed E-state index contributed by atoms with van der Waals surface area (Å²) in [6, 6.07) is 2.78. The van der Waals surface area contributed by atoms with Crippen LogP contribution in [0.5, 0.6) is 0 Å². The van der Waals surface area contributed by atoms with E-state index in [2.05, 4.69) is 21.2 Å². The number of halogens is 4. The maximum atomic E-state index is 12.8. The third-order valence-electron chi connectivity index (χ3n) is 2.80. The number of alkyl halides is 3. The summed E-state index contributed by atoms with van der Waals surface area (Å²) in [5, 5.41) is 2.60. The van der Waals surface area contributed by atoms with Crippen LogP contribution in [0.3, 0.4) is 0 Å². The van der Waals surface area contributed by atoms with E-state index in [9.17, 15) is 18.0 Å². The standard InChI is InChI=1S/C15H19BrF3NO2/c1-5-12(20-13(21)22-14(2,3)4)10-8-9(15(17,18)19)6-7-11(10)16/h6-8,12H,5H2,1-4H3,(H,20,21)/t12-/m0/s1. The lowest BCUT2D eigenvalue weighted by molar-refractivity contribution is -0.137. The molecule has 22 heavy (non-hydrogen) atoms. The van der Waals surface area contributed by atoms with Crippen LogP contribution >= 0.6 is 15.9 Å². The molecule has 1 N–H and O–H groups in total. The van der Waals surface area contributed by atoms with E-state index in [0.29, 0.717) is 16.5 Å². The number of amides is 1. The van der Waals surface area contributed by atoms with Gasteiger partial charge >= 0.3 is 12.3 Å². The normalized spacial score (nSPS) is 13.6. The third kappa shape index (κ3) is 5.51. The van der Waals surface area contributed by atoms with Crippen molar-refractivity contribution in [1.29, 1.82) is 0 Å². The van der Waals surface area contributed by atoms with E-state index >= 15 is 0 Å². The molecule has 1 aromatic carbocycles. The number of rotatable bonds is 3. The van der Waals surface area contributed by atoms with Gasteiger partial charge in [-0.1, -0.05) is 22.9 Å². The molecule has 0 heterocycles. The van der Waals surface area contributed by atoms with Crippen molar-refractivity contribution in [2.75, 3.05) is 0 Å². The Hall–Kier alpha value is -1.24. The predicted molar refractivity (Wildman–Crippen MR) is 81.5 cm³/mol. The molecule has 1 amide bonds. The van der Waals surface area contributed by atoms with Crippen molar-refractivity contribution in [3.8, 4) is 0 Å². The van der Waals surface area contributed by atoms with Gasteiger partial charge in [-0.15, -0.1) is 0 Å². The average molecular weight is 382 g/mol. The van der Waals surface area contributed by atoms with Crippen molar-refractivity contribution in [3.63, 3.8) is 0 Å². The fraction of sp³-hybridized carbons (Fsp3) is 0.533. The molecular weight excluding hydrogens is 363 g/mol. The second-order valence-electron chi connectivity index (χ2n) is 5.84. The zero-order chi connectivity index (χ0) is 17.1. The largest absolute Gasteiger partial charge is 0.444 e. The first-order chi connectivity index (χ1) is 9.94. The van der Waals surface area contributed by atoms with Gasteiger partial charge in [-0.2, -0.15) is 13.2 Å². The molecule has 3 nitrogen and oxygen atoms in total. The van der Waals surface area contributed by atoms with Gasteiger partial charge in [0.15, 0.2) is 0 Å². The Morgan fingerprint density at radius 2 is 1.91 bits per heavy atom. The molecule has 0 aliphatic carbocycles. The van der Waals surface area contributed by atoms with E-state index in [1.807, 2.05) is 0 Å². The van der Waals surface area contributed by atoms with Gasteiger partial charge in [0, 0.05) is 4.47 Å². The molecule has 0 unspecified atom stereocenters. The Balaban J connectivity index is 3.02. The summed E-state index contributed by atoms with van der Waals surface area (Å²) in [5.41, 5.74) is -1.06. The zero-order valence-electron chi connectivity index (χ0n) is 12.8. The van der Waals surface area contributed by atoms with Crippen molar-refractivity contribution in [3.05, 3.63) is 33.8 Å². The van der Waals surface area contributed by atoms with E-state index in [4.69, 9.17) is 4.74 Å². The van der Waals surface area contributed by atoms with E-state index < -0.39 is 29.5 Å². The number of alkyl carbamates (subject to hydrolysis) is 1. The molecule has 0 fully saturated rings. The number of benzene rings is 1. The van der Waals surface area contributed by atoms with Crippen LogP contribution in [0.1, 0.15) is 51.3 Å². The minimum atomic E-state index is -4.43. The molecule has 0 aromatic heterocycles. The van der Waals surface area contributed by atoms with Crippen molar-refractivity contribution < 1.29 is 22.7 Å². The van der Waals surface area contributed by atoms with Gasteiger partial charge in [0.25, 0.3) is 0 Å². The first-order valence-corrected chi connectivity index (χ1v) is 7.59. The maximum absolute atomic E-state index is 12.8. The van der Waals surface area contributed by atoms with Gasteiger partial charge in [0.1, 0.15) is 5.60 Å². The molecule has 1 rings (SSSR count). The highest BCUT2D eigenvalue weighted by molar-refractivity contribution is 9.10. The molecule has 1 aromatic rings.